The summed E-state index contributed by atoms with van der Waals surface area (Å²) in [4.78, 5) is 10.7. The molecule has 1 rings (SSSR count). The van der Waals surface area contributed by atoms with E-state index in [2.05, 4.69) is 0 Å². The molecule has 0 bridgehead atoms. The zero-order chi connectivity index (χ0) is 10.7. The lowest BCUT2D eigenvalue weighted by molar-refractivity contribution is 0.0687. The van der Waals surface area contributed by atoms with Crippen molar-refractivity contribution in [3.8, 4) is 11.5 Å². The van der Waals surface area contributed by atoms with Crippen molar-refractivity contribution in [2.45, 2.75) is 0 Å². The lowest BCUT2D eigenvalue weighted by Crippen LogP contribution is -2.05. The third-order valence-electron chi connectivity index (χ3n) is 1.71. The molecule has 5 heteroatoms. The molecule has 0 spiro atoms. The first-order valence-corrected chi connectivity index (χ1v) is 3.75. The van der Waals surface area contributed by atoms with Crippen molar-refractivity contribution in [3.05, 3.63) is 23.5 Å². The van der Waals surface area contributed by atoms with E-state index < -0.39 is 17.3 Å². The van der Waals surface area contributed by atoms with Gasteiger partial charge in [-0.05, 0) is 12.1 Å². The van der Waals surface area contributed by atoms with Gasteiger partial charge in [0.25, 0.3) is 0 Å². The van der Waals surface area contributed by atoms with Crippen LogP contribution in [0.25, 0.3) is 0 Å². The zero-order valence-corrected chi connectivity index (χ0v) is 7.70. The molecule has 0 saturated heterocycles. The number of aromatic carboxylic acids is 1. The summed E-state index contributed by atoms with van der Waals surface area (Å²) in [6.07, 6.45) is 0. The highest BCUT2D eigenvalue weighted by Crippen LogP contribution is 2.32. The Hall–Kier alpha value is -1.78. The fraction of sp³-hybridized carbons (Fsp3) is 0.222. The number of halogens is 1. The van der Waals surface area contributed by atoms with E-state index in [1.807, 2.05) is 0 Å². The second-order valence-electron chi connectivity index (χ2n) is 2.46. The Balaban J connectivity index is 3.42. The summed E-state index contributed by atoms with van der Waals surface area (Å²) in [5, 5.41) is 8.72. The van der Waals surface area contributed by atoms with Crippen LogP contribution in [0.2, 0.25) is 0 Å². The summed E-state index contributed by atoms with van der Waals surface area (Å²) in [6, 6.07) is 2.32. The molecule has 0 saturated carbocycles. The minimum Gasteiger partial charge on any atom is -0.493 e. The van der Waals surface area contributed by atoms with Crippen molar-refractivity contribution in [1.29, 1.82) is 0 Å². The summed E-state index contributed by atoms with van der Waals surface area (Å²) >= 11 is 0. The second kappa shape index (κ2) is 3.95. The maximum absolute atomic E-state index is 13.1. The highest BCUT2D eigenvalue weighted by molar-refractivity contribution is 5.92. The first kappa shape index (κ1) is 10.3. The first-order valence-electron chi connectivity index (χ1n) is 3.75. The van der Waals surface area contributed by atoms with Gasteiger partial charge in [-0.1, -0.05) is 0 Å². The number of methoxy groups -OCH3 is 2. The van der Waals surface area contributed by atoms with Crippen molar-refractivity contribution < 1.29 is 23.8 Å². The Labute approximate surface area is 79.9 Å². The number of benzene rings is 1. The quantitative estimate of drug-likeness (QED) is 0.804. The monoisotopic (exact) mass is 200 g/mol. The molecule has 0 aliphatic heterocycles. The largest absolute Gasteiger partial charge is 0.493 e. The third kappa shape index (κ3) is 1.61. The van der Waals surface area contributed by atoms with Gasteiger partial charge in [0.05, 0.1) is 14.2 Å². The molecule has 0 heterocycles. The van der Waals surface area contributed by atoms with Crippen LogP contribution in [-0.4, -0.2) is 25.3 Å². The second-order valence-corrected chi connectivity index (χ2v) is 2.46. The highest BCUT2D eigenvalue weighted by Gasteiger charge is 2.20. The van der Waals surface area contributed by atoms with E-state index in [0.29, 0.717) is 0 Å². The number of carboxylic acid groups (broad SMARTS) is 1. The zero-order valence-electron chi connectivity index (χ0n) is 7.70. The number of carboxylic acids is 1. The van der Waals surface area contributed by atoms with Crippen molar-refractivity contribution in [3.63, 3.8) is 0 Å². The van der Waals surface area contributed by atoms with E-state index >= 15 is 0 Å². The fourth-order valence-electron chi connectivity index (χ4n) is 1.10. The summed E-state index contributed by atoms with van der Waals surface area (Å²) in [7, 11) is 2.60. The topological polar surface area (TPSA) is 55.8 Å². The normalized spacial score (nSPS) is 9.64. The molecule has 1 aromatic rings. The molecule has 0 amide bonds. The van der Waals surface area contributed by atoms with E-state index in [4.69, 9.17) is 14.6 Å². The Morgan fingerprint density at radius 1 is 1.36 bits per heavy atom. The molecule has 0 aliphatic rings. The van der Waals surface area contributed by atoms with Crippen LogP contribution in [0, 0.1) is 5.82 Å². The maximum atomic E-state index is 13.1. The van der Waals surface area contributed by atoms with Crippen LogP contribution in [0.5, 0.6) is 11.5 Å². The van der Waals surface area contributed by atoms with Gasteiger partial charge in [-0.3, -0.25) is 0 Å². The van der Waals surface area contributed by atoms with Crippen LogP contribution in [0.1, 0.15) is 10.4 Å². The number of hydrogen-bond donors (Lipinski definition) is 1. The van der Waals surface area contributed by atoms with Gasteiger partial charge in [0.1, 0.15) is 11.4 Å². The van der Waals surface area contributed by atoms with Gasteiger partial charge in [-0.25, -0.2) is 9.18 Å². The molecule has 0 aliphatic carbocycles. The summed E-state index contributed by atoms with van der Waals surface area (Å²) < 4.78 is 22.7. The van der Waals surface area contributed by atoms with Crippen molar-refractivity contribution >= 4 is 5.97 Å². The molecule has 76 valence electrons. The van der Waals surface area contributed by atoms with Gasteiger partial charge < -0.3 is 14.6 Å². The Bertz CT molecular complexity index is 362. The van der Waals surface area contributed by atoms with Crippen molar-refractivity contribution in [2.24, 2.45) is 0 Å². The smallest absolute Gasteiger partial charge is 0.342 e. The fourth-order valence-corrected chi connectivity index (χ4v) is 1.10. The average molecular weight is 200 g/mol. The van der Waals surface area contributed by atoms with E-state index in [9.17, 15) is 9.18 Å². The van der Waals surface area contributed by atoms with Crippen LogP contribution in [0.15, 0.2) is 12.1 Å². The molecule has 14 heavy (non-hydrogen) atoms. The van der Waals surface area contributed by atoms with Crippen LogP contribution < -0.4 is 9.47 Å². The average Bonchev–Trinajstić information content (AvgIpc) is 2.16. The minimum atomic E-state index is -1.39. The van der Waals surface area contributed by atoms with E-state index in [1.54, 1.807) is 0 Å². The van der Waals surface area contributed by atoms with Crippen molar-refractivity contribution in [2.75, 3.05) is 14.2 Å². The summed E-state index contributed by atoms with van der Waals surface area (Å²) in [5.41, 5.74) is -0.521. The predicted molar refractivity (Wildman–Crippen MR) is 46.5 cm³/mol. The van der Waals surface area contributed by atoms with Gasteiger partial charge in [0.15, 0.2) is 11.5 Å². The SMILES string of the molecule is COc1ccc(F)c(C(=O)O)c1OC. The number of hydrogen-bond acceptors (Lipinski definition) is 3. The molecule has 0 atom stereocenters. The number of rotatable bonds is 3. The van der Waals surface area contributed by atoms with Crippen LogP contribution >= 0.6 is 0 Å². The van der Waals surface area contributed by atoms with E-state index in [-0.39, 0.29) is 11.5 Å². The molecule has 0 aromatic heterocycles. The third-order valence-corrected chi connectivity index (χ3v) is 1.71. The van der Waals surface area contributed by atoms with E-state index in [1.165, 1.54) is 20.3 Å². The first-order chi connectivity index (χ1) is 6.61. The predicted octanol–water partition coefficient (Wildman–Crippen LogP) is 1.54. The standard InChI is InChI=1S/C9H9FO4/c1-13-6-4-3-5(10)7(9(11)12)8(6)14-2/h3-4H,1-2H3,(H,11,12). The Morgan fingerprint density at radius 3 is 2.43 bits per heavy atom. The highest BCUT2D eigenvalue weighted by atomic mass is 19.1. The Kier molecular flexibility index (Phi) is 2.91. The molecule has 4 nitrogen and oxygen atoms in total. The van der Waals surface area contributed by atoms with Crippen molar-refractivity contribution in [1.82, 2.24) is 0 Å². The summed E-state index contributed by atoms with van der Waals surface area (Å²) in [5.74, 6) is -2.17. The molecular formula is C9H9FO4. The van der Waals surface area contributed by atoms with E-state index in [0.717, 1.165) is 6.07 Å². The molecule has 0 unspecified atom stereocenters. The number of ether oxygens (including phenoxy) is 2. The number of carbonyl (C=O) groups is 1. The van der Waals surface area contributed by atoms with Gasteiger partial charge >= 0.3 is 5.97 Å². The molecule has 1 aromatic carbocycles. The molecular weight excluding hydrogens is 191 g/mol. The van der Waals surface area contributed by atoms with Gasteiger partial charge in [-0.2, -0.15) is 0 Å². The van der Waals surface area contributed by atoms with Gasteiger partial charge in [-0.15, -0.1) is 0 Å². The van der Waals surface area contributed by atoms with Gasteiger partial charge in [0, 0.05) is 0 Å². The summed E-state index contributed by atoms with van der Waals surface area (Å²) in [6.45, 7) is 0. The van der Waals surface area contributed by atoms with Crippen LogP contribution in [0.3, 0.4) is 0 Å². The van der Waals surface area contributed by atoms with Gasteiger partial charge in [0.2, 0.25) is 0 Å². The minimum absolute atomic E-state index is 0.111. The lowest BCUT2D eigenvalue weighted by atomic mass is 10.1. The molecule has 0 radical (unpaired) electrons. The lowest BCUT2D eigenvalue weighted by Gasteiger charge is -2.10. The van der Waals surface area contributed by atoms with Crippen LogP contribution in [-0.2, 0) is 0 Å². The maximum Gasteiger partial charge on any atom is 0.342 e. The molecule has 0 fully saturated rings. The van der Waals surface area contributed by atoms with Crippen LogP contribution in [0.4, 0.5) is 4.39 Å². The molecule has 1 N–H and O–H groups in total. The Morgan fingerprint density at radius 2 is 2.00 bits per heavy atom.